The highest BCUT2D eigenvalue weighted by atomic mass is 19.4. The second-order valence-electron chi connectivity index (χ2n) is 3.56. The van der Waals surface area contributed by atoms with E-state index >= 15 is 0 Å². The van der Waals surface area contributed by atoms with E-state index in [0.29, 0.717) is 0 Å². The molecule has 0 saturated carbocycles. The first-order valence-electron chi connectivity index (χ1n) is 4.55. The zero-order valence-electron chi connectivity index (χ0n) is 7.79. The molecular weight excluding hydrogens is 207 g/mol. The van der Waals surface area contributed by atoms with Gasteiger partial charge in [0.25, 0.3) is 0 Å². The lowest BCUT2D eigenvalue weighted by Gasteiger charge is -2.32. The Kier molecular flexibility index (Phi) is 2.34. The van der Waals surface area contributed by atoms with Gasteiger partial charge in [-0.3, -0.25) is 0 Å². The van der Waals surface area contributed by atoms with E-state index in [1.54, 1.807) is 18.2 Å². The maximum Gasteiger partial charge on any atom is 0.426 e. The Bertz CT molecular complexity index is 364. The van der Waals surface area contributed by atoms with Gasteiger partial charge < -0.3 is 10.5 Å². The first-order chi connectivity index (χ1) is 6.98. The molecular formula is C10H10F3NO. The summed E-state index contributed by atoms with van der Waals surface area (Å²) in [5, 5.41) is 0. The van der Waals surface area contributed by atoms with Gasteiger partial charge >= 0.3 is 6.18 Å². The molecule has 0 aromatic heterocycles. The van der Waals surface area contributed by atoms with Crippen LogP contribution in [0, 0.1) is 0 Å². The second-order valence-corrected chi connectivity index (χ2v) is 3.56. The molecule has 2 atom stereocenters. The topological polar surface area (TPSA) is 35.2 Å². The molecule has 82 valence electrons. The minimum atomic E-state index is -4.41. The number of para-hydroxylation sites is 1. The summed E-state index contributed by atoms with van der Waals surface area (Å²) >= 11 is 0. The number of halogens is 3. The van der Waals surface area contributed by atoms with Crippen molar-refractivity contribution in [2.45, 2.75) is 24.7 Å². The van der Waals surface area contributed by atoms with Gasteiger partial charge in [-0.1, -0.05) is 18.2 Å². The first kappa shape index (κ1) is 10.3. The maximum atomic E-state index is 12.5. The van der Waals surface area contributed by atoms with Gasteiger partial charge in [-0.15, -0.1) is 0 Å². The number of nitrogens with two attached hydrogens (primary N) is 1. The van der Waals surface area contributed by atoms with E-state index in [-0.39, 0.29) is 12.2 Å². The number of hydrogen-bond donors (Lipinski definition) is 1. The van der Waals surface area contributed by atoms with Crippen LogP contribution >= 0.6 is 0 Å². The monoisotopic (exact) mass is 217 g/mol. The third kappa shape index (κ3) is 1.92. The average Bonchev–Trinajstić information content (AvgIpc) is 2.15. The van der Waals surface area contributed by atoms with Crippen molar-refractivity contribution in [3.63, 3.8) is 0 Å². The van der Waals surface area contributed by atoms with Gasteiger partial charge in [0.1, 0.15) is 5.75 Å². The molecule has 5 heteroatoms. The van der Waals surface area contributed by atoms with E-state index in [4.69, 9.17) is 10.5 Å². The number of hydrogen-bond acceptors (Lipinski definition) is 2. The zero-order valence-corrected chi connectivity index (χ0v) is 7.79. The number of rotatable bonds is 0. The molecule has 1 aliphatic heterocycles. The standard InChI is InChI=1S/C10H10F3NO/c11-10(12,13)9-7(14)5-6-3-1-2-4-8(6)15-9/h1-4,7,9H,5,14H2/t7-,9-/m0/s1. The van der Waals surface area contributed by atoms with E-state index in [1.807, 2.05) is 0 Å². The summed E-state index contributed by atoms with van der Waals surface area (Å²) in [6.45, 7) is 0. The predicted molar refractivity (Wildman–Crippen MR) is 48.6 cm³/mol. The lowest BCUT2D eigenvalue weighted by molar-refractivity contribution is -0.203. The molecule has 2 nitrogen and oxygen atoms in total. The van der Waals surface area contributed by atoms with E-state index in [1.165, 1.54) is 6.07 Å². The van der Waals surface area contributed by atoms with Gasteiger partial charge in [0.2, 0.25) is 6.10 Å². The molecule has 1 aromatic carbocycles. The van der Waals surface area contributed by atoms with E-state index in [0.717, 1.165) is 5.56 Å². The number of alkyl halides is 3. The maximum absolute atomic E-state index is 12.5. The zero-order chi connectivity index (χ0) is 11.1. The quantitative estimate of drug-likeness (QED) is 0.720. The van der Waals surface area contributed by atoms with Crippen LogP contribution in [-0.4, -0.2) is 18.3 Å². The van der Waals surface area contributed by atoms with Crippen molar-refractivity contribution in [3.8, 4) is 5.75 Å². The van der Waals surface area contributed by atoms with Crippen LogP contribution in [0.5, 0.6) is 5.75 Å². The fourth-order valence-corrected chi connectivity index (χ4v) is 1.68. The van der Waals surface area contributed by atoms with E-state index in [9.17, 15) is 13.2 Å². The molecule has 2 rings (SSSR count). The Morgan fingerprint density at radius 3 is 2.60 bits per heavy atom. The highest BCUT2D eigenvalue weighted by Gasteiger charge is 2.47. The molecule has 1 heterocycles. The van der Waals surface area contributed by atoms with Crippen LogP contribution in [0.2, 0.25) is 0 Å². The first-order valence-corrected chi connectivity index (χ1v) is 4.55. The molecule has 0 unspecified atom stereocenters. The van der Waals surface area contributed by atoms with Crippen molar-refractivity contribution in [3.05, 3.63) is 29.8 Å². The van der Waals surface area contributed by atoms with Crippen molar-refractivity contribution < 1.29 is 17.9 Å². The average molecular weight is 217 g/mol. The molecule has 0 aliphatic carbocycles. The smallest absolute Gasteiger partial charge is 0.426 e. The van der Waals surface area contributed by atoms with Crippen LogP contribution in [0.3, 0.4) is 0 Å². The normalized spacial score (nSPS) is 25.6. The van der Waals surface area contributed by atoms with Crippen molar-refractivity contribution in [1.29, 1.82) is 0 Å². The van der Waals surface area contributed by atoms with Gasteiger partial charge in [0, 0.05) is 0 Å². The third-order valence-electron chi connectivity index (χ3n) is 2.39. The van der Waals surface area contributed by atoms with Crippen molar-refractivity contribution in [2.75, 3.05) is 0 Å². The van der Waals surface area contributed by atoms with Crippen LogP contribution < -0.4 is 10.5 Å². The minimum Gasteiger partial charge on any atom is -0.479 e. The summed E-state index contributed by atoms with van der Waals surface area (Å²) in [6, 6.07) is 5.62. The van der Waals surface area contributed by atoms with Crippen LogP contribution in [0.1, 0.15) is 5.56 Å². The van der Waals surface area contributed by atoms with Crippen molar-refractivity contribution in [2.24, 2.45) is 5.73 Å². The van der Waals surface area contributed by atoms with Crippen LogP contribution in [0.25, 0.3) is 0 Å². The summed E-state index contributed by atoms with van der Waals surface area (Å²) in [4.78, 5) is 0. The number of fused-ring (bicyclic) bond motifs is 1. The van der Waals surface area contributed by atoms with Gasteiger partial charge in [0.15, 0.2) is 0 Å². The fraction of sp³-hybridized carbons (Fsp3) is 0.400. The van der Waals surface area contributed by atoms with E-state index in [2.05, 4.69) is 0 Å². The molecule has 0 saturated heterocycles. The van der Waals surface area contributed by atoms with Crippen molar-refractivity contribution in [1.82, 2.24) is 0 Å². The Morgan fingerprint density at radius 1 is 1.27 bits per heavy atom. The van der Waals surface area contributed by atoms with Gasteiger partial charge in [-0.05, 0) is 18.1 Å². The van der Waals surface area contributed by atoms with Gasteiger partial charge in [0.05, 0.1) is 6.04 Å². The summed E-state index contributed by atoms with van der Waals surface area (Å²) in [5.41, 5.74) is 6.16. The summed E-state index contributed by atoms with van der Waals surface area (Å²) in [6.07, 6.45) is -6.11. The summed E-state index contributed by atoms with van der Waals surface area (Å²) in [7, 11) is 0. The molecule has 0 bridgehead atoms. The molecule has 0 amide bonds. The Morgan fingerprint density at radius 2 is 1.93 bits per heavy atom. The Balaban J connectivity index is 2.30. The fourth-order valence-electron chi connectivity index (χ4n) is 1.68. The van der Waals surface area contributed by atoms with Crippen LogP contribution in [0.15, 0.2) is 24.3 Å². The minimum absolute atomic E-state index is 0.195. The van der Waals surface area contributed by atoms with Gasteiger partial charge in [-0.25, -0.2) is 0 Å². The molecule has 1 aliphatic rings. The summed E-state index contributed by atoms with van der Waals surface area (Å²) < 4.78 is 42.3. The highest BCUT2D eigenvalue weighted by Crippen LogP contribution is 2.34. The SMILES string of the molecule is N[C@H]1Cc2ccccc2O[C@@H]1C(F)(F)F. The summed E-state index contributed by atoms with van der Waals surface area (Å²) in [5.74, 6) is 0.279. The van der Waals surface area contributed by atoms with Crippen LogP contribution in [0.4, 0.5) is 13.2 Å². The molecule has 0 fully saturated rings. The molecule has 0 spiro atoms. The van der Waals surface area contributed by atoms with Crippen molar-refractivity contribution >= 4 is 0 Å². The lowest BCUT2D eigenvalue weighted by Crippen LogP contribution is -2.52. The third-order valence-corrected chi connectivity index (χ3v) is 2.39. The molecule has 15 heavy (non-hydrogen) atoms. The van der Waals surface area contributed by atoms with Gasteiger partial charge in [-0.2, -0.15) is 13.2 Å². The van der Waals surface area contributed by atoms with E-state index < -0.39 is 18.3 Å². The largest absolute Gasteiger partial charge is 0.479 e. The molecule has 0 radical (unpaired) electrons. The number of benzene rings is 1. The predicted octanol–water partition coefficient (Wildman–Crippen LogP) is 1.88. The lowest BCUT2D eigenvalue weighted by atomic mass is 9.97. The molecule has 2 N–H and O–H groups in total. The second kappa shape index (κ2) is 3.41. The highest BCUT2D eigenvalue weighted by molar-refractivity contribution is 5.36. The Hall–Kier alpha value is -1.23. The number of ether oxygens (including phenoxy) is 1. The van der Waals surface area contributed by atoms with Crippen LogP contribution in [-0.2, 0) is 6.42 Å². The molecule has 1 aromatic rings. The Labute approximate surface area is 84.8 Å².